The Labute approximate surface area is 194 Å². The molecule has 0 radical (unpaired) electrons. The fraction of sp³-hybridized carbons (Fsp3) is 0.240. The van der Waals surface area contributed by atoms with Gasteiger partial charge >= 0.3 is 0 Å². The Kier molecular flexibility index (Phi) is 5.76. The summed E-state index contributed by atoms with van der Waals surface area (Å²) in [5, 5.41) is 0.795. The fourth-order valence-corrected chi connectivity index (χ4v) is 5.20. The summed E-state index contributed by atoms with van der Waals surface area (Å²) in [7, 11) is 0. The van der Waals surface area contributed by atoms with E-state index < -0.39 is 0 Å². The van der Waals surface area contributed by atoms with Crippen LogP contribution in [-0.4, -0.2) is 38.3 Å². The van der Waals surface area contributed by atoms with Crippen molar-refractivity contribution in [1.82, 2.24) is 19.9 Å². The molecule has 0 spiro atoms. The second-order valence-electron chi connectivity index (χ2n) is 8.17. The van der Waals surface area contributed by atoms with E-state index in [4.69, 9.17) is 0 Å². The van der Waals surface area contributed by atoms with Crippen LogP contribution in [0.1, 0.15) is 34.2 Å². The van der Waals surface area contributed by atoms with E-state index in [-0.39, 0.29) is 23.6 Å². The molecule has 1 atom stereocenters. The summed E-state index contributed by atoms with van der Waals surface area (Å²) in [4.78, 5) is 28.5. The molecule has 0 bridgehead atoms. The Bertz CT molecular complexity index is 1280. The molecule has 1 aliphatic rings. The number of aromatic amines is 1. The van der Waals surface area contributed by atoms with Crippen LogP contribution in [0.3, 0.4) is 0 Å². The highest BCUT2D eigenvalue weighted by Crippen LogP contribution is 2.33. The molecule has 1 amide bonds. The number of likely N-dealkylation sites (tertiary alicyclic amines) is 1. The van der Waals surface area contributed by atoms with Crippen LogP contribution < -0.4 is 0 Å². The number of rotatable bonds is 5. The van der Waals surface area contributed by atoms with Crippen LogP contribution >= 0.6 is 11.3 Å². The van der Waals surface area contributed by atoms with E-state index in [1.807, 2.05) is 11.8 Å². The Morgan fingerprint density at radius 3 is 2.45 bits per heavy atom. The summed E-state index contributed by atoms with van der Waals surface area (Å²) in [5.74, 6) is 0.0838. The summed E-state index contributed by atoms with van der Waals surface area (Å²) < 4.78 is 26.6. The Morgan fingerprint density at radius 1 is 1.09 bits per heavy atom. The van der Waals surface area contributed by atoms with Crippen LogP contribution in [0.15, 0.2) is 54.7 Å². The second kappa shape index (κ2) is 8.86. The number of imidazole rings is 1. The molecule has 0 aliphatic carbocycles. The molecule has 5 rings (SSSR count). The quantitative estimate of drug-likeness (QED) is 0.416. The molecule has 1 saturated heterocycles. The lowest BCUT2D eigenvalue weighted by Crippen LogP contribution is -2.37. The summed E-state index contributed by atoms with van der Waals surface area (Å²) in [6.45, 7) is 2.53. The van der Waals surface area contributed by atoms with Crippen LogP contribution in [0.2, 0.25) is 0 Å². The third kappa shape index (κ3) is 4.43. The van der Waals surface area contributed by atoms with Crippen molar-refractivity contribution in [1.29, 1.82) is 0 Å². The molecule has 2 aromatic heterocycles. The normalized spacial score (nSPS) is 15.8. The summed E-state index contributed by atoms with van der Waals surface area (Å²) in [6, 6.07) is 12.4. The van der Waals surface area contributed by atoms with Crippen molar-refractivity contribution in [2.75, 3.05) is 6.54 Å². The van der Waals surface area contributed by atoms with Gasteiger partial charge in [-0.2, -0.15) is 0 Å². The number of benzene rings is 2. The van der Waals surface area contributed by atoms with Gasteiger partial charge in [-0.1, -0.05) is 12.1 Å². The standard InChI is InChI=1S/C25H22F2N4OS/c1-15-29-23(24(33-15)17-6-10-19(27)11-7-17)25(32)31-12-2-3-20(31)13-22-28-14-21(30-22)16-4-8-18(26)9-5-16/h4-11,14,20H,2-3,12-13H2,1H3,(H,28,30)/t20-/m0/s1. The highest BCUT2D eigenvalue weighted by atomic mass is 32.1. The van der Waals surface area contributed by atoms with Gasteiger partial charge in [-0.15, -0.1) is 11.3 Å². The van der Waals surface area contributed by atoms with Gasteiger partial charge in [-0.25, -0.2) is 18.7 Å². The van der Waals surface area contributed by atoms with Gasteiger partial charge in [0.15, 0.2) is 0 Å². The van der Waals surface area contributed by atoms with E-state index in [0.29, 0.717) is 18.7 Å². The molecule has 1 N–H and O–H groups in total. The zero-order valence-corrected chi connectivity index (χ0v) is 18.8. The van der Waals surface area contributed by atoms with Crippen LogP contribution in [-0.2, 0) is 6.42 Å². The lowest BCUT2D eigenvalue weighted by Gasteiger charge is -2.24. The average Bonchev–Trinajstić information content (AvgIpc) is 3.55. The van der Waals surface area contributed by atoms with Gasteiger partial charge in [0.1, 0.15) is 23.2 Å². The van der Waals surface area contributed by atoms with E-state index in [1.165, 1.54) is 35.6 Å². The van der Waals surface area contributed by atoms with Crippen LogP contribution in [0.5, 0.6) is 0 Å². The maximum atomic E-state index is 13.5. The van der Waals surface area contributed by atoms with Crippen LogP contribution in [0.4, 0.5) is 8.78 Å². The number of carbonyl (C=O) groups is 1. The summed E-state index contributed by atoms with van der Waals surface area (Å²) >= 11 is 1.44. The number of nitrogens with one attached hydrogen (secondary N) is 1. The highest BCUT2D eigenvalue weighted by Gasteiger charge is 2.33. The van der Waals surface area contributed by atoms with Crippen molar-refractivity contribution in [3.8, 4) is 21.7 Å². The molecule has 33 heavy (non-hydrogen) atoms. The third-order valence-corrected chi connectivity index (χ3v) is 6.91. The molecule has 1 fully saturated rings. The lowest BCUT2D eigenvalue weighted by molar-refractivity contribution is 0.0731. The lowest BCUT2D eigenvalue weighted by atomic mass is 10.1. The SMILES string of the molecule is Cc1nc(C(=O)N2CCC[C@H]2Cc2ncc(-c3ccc(F)cc3)[nH]2)c(-c2ccc(F)cc2)s1. The highest BCUT2D eigenvalue weighted by molar-refractivity contribution is 7.15. The van der Waals surface area contributed by atoms with Crippen molar-refractivity contribution >= 4 is 17.2 Å². The molecule has 3 heterocycles. The van der Waals surface area contributed by atoms with Crippen molar-refractivity contribution in [3.05, 3.63) is 82.9 Å². The molecule has 0 unspecified atom stereocenters. The number of thiazole rings is 1. The molecule has 2 aromatic carbocycles. The minimum atomic E-state index is -0.314. The fourth-order valence-electron chi connectivity index (χ4n) is 4.29. The number of hydrogen-bond acceptors (Lipinski definition) is 4. The van der Waals surface area contributed by atoms with Crippen molar-refractivity contribution in [2.45, 2.75) is 32.2 Å². The first kappa shape index (κ1) is 21.5. The minimum absolute atomic E-state index is 0.00721. The zero-order valence-electron chi connectivity index (χ0n) is 18.0. The Morgan fingerprint density at radius 2 is 1.76 bits per heavy atom. The van der Waals surface area contributed by atoms with Crippen molar-refractivity contribution < 1.29 is 13.6 Å². The predicted octanol–water partition coefficient (Wildman–Crippen LogP) is 5.63. The first-order valence-corrected chi connectivity index (χ1v) is 11.6. The maximum Gasteiger partial charge on any atom is 0.274 e. The maximum absolute atomic E-state index is 13.5. The van der Waals surface area contributed by atoms with Gasteiger partial charge in [-0.3, -0.25) is 4.79 Å². The topological polar surface area (TPSA) is 61.9 Å². The predicted molar refractivity (Wildman–Crippen MR) is 124 cm³/mol. The zero-order chi connectivity index (χ0) is 22.9. The van der Waals surface area contributed by atoms with Gasteiger partial charge in [0.25, 0.3) is 5.91 Å². The number of H-pyrrole nitrogens is 1. The first-order chi connectivity index (χ1) is 16.0. The number of aryl methyl sites for hydroxylation is 1. The molecule has 4 aromatic rings. The van der Waals surface area contributed by atoms with Gasteiger partial charge in [0, 0.05) is 19.0 Å². The van der Waals surface area contributed by atoms with Crippen LogP contribution in [0, 0.1) is 18.6 Å². The summed E-state index contributed by atoms with van der Waals surface area (Å²) in [5.41, 5.74) is 2.88. The number of halogens is 2. The Hall–Kier alpha value is -3.39. The van der Waals surface area contributed by atoms with E-state index in [2.05, 4.69) is 15.0 Å². The second-order valence-corrected chi connectivity index (χ2v) is 9.37. The minimum Gasteiger partial charge on any atom is -0.342 e. The van der Waals surface area contributed by atoms with E-state index in [0.717, 1.165) is 45.4 Å². The molecule has 5 nitrogen and oxygen atoms in total. The van der Waals surface area contributed by atoms with Gasteiger partial charge in [0.2, 0.25) is 0 Å². The van der Waals surface area contributed by atoms with Crippen molar-refractivity contribution in [3.63, 3.8) is 0 Å². The van der Waals surface area contributed by atoms with E-state index >= 15 is 0 Å². The largest absolute Gasteiger partial charge is 0.342 e. The van der Waals surface area contributed by atoms with Gasteiger partial charge in [0.05, 0.1) is 21.8 Å². The number of carbonyl (C=O) groups excluding carboxylic acids is 1. The number of hydrogen-bond donors (Lipinski definition) is 1. The van der Waals surface area contributed by atoms with E-state index in [9.17, 15) is 13.6 Å². The molecule has 1 aliphatic heterocycles. The summed E-state index contributed by atoms with van der Waals surface area (Å²) in [6.07, 6.45) is 4.13. The first-order valence-electron chi connectivity index (χ1n) is 10.8. The molecular weight excluding hydrogens is 442 g/mol. The van der Waals surface area contributed by atoms with Gasteiger partial charge < -0.3 is 9.88 Å². The molecule has 168 valence electrons. The number of amides is 1. The van der Waals surface area contributed by atoms with Gasteiger partial charge in [-0.05, 0) is 67.3 Å². The average molecular weight is 465 g/mol. The molecule has 0 saturated carbocycles. The Balaban J connectivity index is 1.36. The number of nitrogens with zero attached hydrogens (tertiary/aromatic N) is 3. The monoisotopic (exact) mass is 464 g/mol. The smallest absolute Gasteiger partial charge is 0.274 e. The molecule has 8 heteroatoms. The number of aromatic nitrogens is 3. The van der Waals surface area contributed by atoms with E-state index in [1.54, 1.807) is 30.5 Å². The van der Waals surface area contributed by atoms with Crippen LogP contribution in [0.25, 0.3) is 21.7 Å². The molecular formula is C25H22F2N4OS. The third-order valence-electron chi connectivity index (χ3n) is 5.89. The van der Waals surface area contributed by atoms with Crippen molar-refractivity contribution in [2.24, 2.45) is 0 Å².